The third-order valence-corrected chi connectivity index (χ3v) is 25.0. The van der Waals surface area contributed by atoms with Crippen LogP contribution in [0.15, 0.2) is 84.4 Å². The average Bonchev–Trinajstić information content (AvgIpc) is 1.54. The number of aromatic nitrogens is 1. The van der Waals surface area contributed by atoms with Gasteiger partial charge in [-0.3, -0.25) is 91.7 Å². The molecule has 1 unspecified atom stereocenters. The lowest BCUT2D eigenvalue weighted by molar-refractivity contribution is -0.149. The van der Waals surface area contributed by atoms with Crippen molar-refractivity contribution in [2.24, 2.45) is 28.9 Å². The van der Waals surface area contributed by atoms with Gasteiger partial charge in [-0.05, 0) is 123 Å². The Bertz CT molecular complexity index is 4970. The summed E-state index contributed by atoms with van der Waals surface area (Å²) in [6, 6.07) is -2.12. The maximum atomic E-state index is 15.6. The average molecular weight is 1850 g/mol. The molecule has 3 aromatic carbocycles. The van der Waals surface area contributed by atoms with E-state index in [2.05, 4.69) is 63.5 Å². The molecule has 0 radical (unpaired) electrons. The van der Waals surface area contributed by atoms with Crippen LogP contribution in [-0.4, -0.2) is 302 Å². The lowest BCUT2D eigenvalue weighted by Crippen LogP contribution is -2.61. The lowest BCUT2D eigenvalue weighted by atomic mass is 10.0. The van der Waals surface area contributed by atoms with E-state index in [0.717, 1.165) is 36.1 Å². The molecule has 5 heterocycles. The number of hydrogen-bond acceptors (Lipinski definition) is 23. The summed E-state index contributed by atoms with van der Waals surface area (Å²) in [5.41, 5.74) is 24.5. The number of nitrogens with one attached hydrogen (secondary N) is 13. The minimum atomic E-state index is -1.86. The smallest absolute Gasteiger partial charge is 0.246 e. The number of nitrogens with zero attached hydrogens (tertiary/aromatic N) is 5. The van der Waals surface area contributed by atoms with E-state index in [4.69, 9.17) is 28.3 Å². The Morgan fingerprint density at radius 3 is 1.65 bits per heavy atom. The third-order valence-electron chi connectivity index (χ3n) is 23.0. The molecule has 2 aromatic heterocycles. The fourth-order valence-electron chi connectivity index (χ4n) is 15.6. The number of aromatic hydroxyl groups is 1. The number of benzene rings is 3. The van der Waals surface area contributed by atoms with E-state index in [1.54, 1.807) is 55.8 Å². The number of unbranched alkanes of at least 4 members (excludes halogenated alkanes) is 1. The molecule has 706 valence electrons. The highest BCUT2D eigenvalue weighted by Crippen LogP contribution is 2.30. The Balaban J connectivity index is 1.17. The molecule has 42 nitrogen and oxygen atoms in total. The third kappa shape index (κ3) is 28.5. The van der Waals surface area contributed by atoms with Gasteiger partial charge in [0.2, 0.25) is 106 Å². The van der Waals surface area contributed by atoms with Crippen LogP contribution < -0.4 is 81.4 Å². The number of carbonyl (C=O) groups excluding carboxylic acids is 18. The van der Waals surface area contributed by atoms with Crippen molar-refractivity contribution < 1.29 is 96.5 Å². The van der Waals surface area contributed by atoms with Gasteiger partial charge in [0.05, 0.1) is 31.7 Å². The number of thioether (sulfide) groups is 1. The zero-order valence-electron chi connectivity index (χ0n) is 73.9. The standard InChI is InChI=1S/C86H120N22O20S2/c1-9-10-22-66-85(128)105(7)47(5)72(115)96-55(21-15-30-92-86(90)91)75(118)103-63(74(117)94-40-70(89)113)43-129-44-71(114)95-59(34-48-26-28-51(110)29-27-48)81(124)104(6)46(4)73(116)99-61(38-69(88)112)84(127)108-32-17-24-65(108)80(123)98-57(37-68(87)111)77(120)100-58(33-45(2)3)83(126)107-31-16-23-64(107)79(122)97-56(35-49-39-93-54-20-13-11-18-52(49)54)76(119)102-62(41-109)78(121)101-60(82(125)106(66)8)36-50-42-130-67-25-14-12-19-53(50)67/h11-14,18-20,25-29,39,42,45-47,55-66,93,109-110H,9-10,15-17,21-24,30-38,40-41,43-44H2,1-8H3,(H2,87,111)(H2,88,112)(H2,89,113)(H,94,117)(H,95,114)(H,96,115)(H,97,122)(H,98,123)(H,99,116)(H,100,120)(H,101,121)(H,102,119)(H,103,118)(H4,90,91,92)/t46-,47-,55-,56-,57-,58-,59-,60-,61-,62-,63?,64-,65-,66-/m0/s1. The van der Waals surface area contributed by atoms with Crippen LogP contribution in [-0.2, 0) is 106 Å². The molecule has 0 spiro atoms. The van der Waals surface area contributed by atoms with Gasteiger partial charge in [0.1, 0.15) is 90.3 Å². The van der Waals surface area contributed by atoms with Crippen molar-refractivity contribution in [1.82, 2.24) is 88.0 Å². The van der Waals surface area contributed by atoms with Gasteiger partial charge in [0.25, 0.3) is 0 Å². The highest BCUT2D eigenvalue weighted by molar-refractivity contribution is 8.00. The van der Waals surface area contributed by atoms with Gasteiger partial charge in [-0.1, -0.05) is 82.1 Å². The SMILES string of the molecule is CCCC[C@H]1C(=O)N(C)[C@@H](C)C(=O)N[C@@H](CCCNC(=N)N)C(=O)NC(C(=O)NCC(N)=O)CSCC(=O)N[C@@H](Cc2ccc(O)cc2)C(=O)N(C)[C@@H](C)C(=O)N[C@@H](CC(N)=O)C(=O)N2CCC[C@H]2C(=O)N[C@@H](CC(N)=O)C(=O)N[C@@H](CC(C)C)C(=O)N2CCC[C@H]2C(=O)N[C@@H](Cc2c[nH]c3ccccc23)C(=O)N[C@@H](CO)C(=O)N[C@@H](Cc2csc3ccccc23)C(=O)N1C. The molecule has 3 aliphatic rings. The molecule has 0 saturated carbocycles. The van der Waals surface area contributed by atoms with E-state index < -0.39 is 234 Å². The van der Waals surface area contributed by atoms with E-state index in [0.29, 0.717) is 45.8 Å². The van der Waals surface area contributed by atoms with Gasteiger partial charge < -0.3 is 121 Å². The number of carbonyl (C=O) groups is 18. The second-order valence-electron chi connectivity index (χ2n) is 33.1. The zero-order valence-corrected chi connectivity index (χ0v) is 75.5. The Kier molecular flexibility index (Phi) is 38.1. The fraction of sp³-hybridized carbons (Fsp3) is 0.523. The first kappa shape index (κ1) is 102. The number of phenolic OH excluding ortho intramolecular Hbond substituents is 1. The first-order chi connectivity index (χ1) is 61.7. The van der Waals surface area contributed by atoms with E-state index in [9.17, 15) is 67.7 Å². The molecular formula is C86H120N22O20S2. The van der Waals surface area contributed by atoms with Gasteiger partial charge in [0.15, 0.2) is 5.96 Å². The molecule has 3 fully saturated rings. The second-order valence-corrected chi connectivity index (χ2v) is 35.0. The zero-order chi connectivity index (χ0) is 95.5. The number of fused-ring (bicyclic) bond motifs is 4. The summed E-state index contributed by atoms with van der Waals surface area (Å²) in [7, 11) is 3.81. The van der Waals surface area contributed by atoms with Gasteiger partial charge >= 0.3 is 0 Å². The predicted octanol–water partition coefficient (Wildman–Crippen LogP) is -3.43. The number of nitrogens with two attached hydrogens (primary N) is 4. The summed E-state index contributed by atoms with van der Waals surface area (Å²) in [5, 5.41) is 60.7. The quantitative estimate of drug-likeness (QED) is 0.0172. The van der Waals surface area contributed by atoms with Gasteiger partial charge in [0, 0.05) is 87.6 Å². The largest absolute Gasteiger partial charge is 0.508 e. The highest BCUT2D eigenvalue weighted by atomic mass is 32.2. The number of primary amides is 3. The van der Waals surface area contributed by atoms with Crippen molar-refractivity contribution in [3.63, 3.8) is 0 Å². The number of hydrogen-bond donors (Lipinski definition) is 19. The van der Waals surface area contributed by atoms with Crippen molar-refractivity contribution in [3.8, 4) is 5.75 Å². The van der Waals surface area contributed by atoms with Crippen molar-refractivity contribution in [3.05, 3.63) is 101 Å². The minimum absolute atomic E-state index is 0.00653. The maximum Gasteiger partial charge on any atom is 0.246 e. The number of amides is 18. The molecule has 5 aromatic rings. The van der Waals surface area contributed by atoms with E-state index in [1.165, 1.54) is 75.5 Å². The van der Waals surface area contributed by atoms with Crippen LogP contribution in [0.1, 0.15) is 128 Å². The molecule has 130 heavy (non-hydrogen) atoms. The number of aromatic amines is 1. The van der Waals surface area contributed by atoms with Crippen LogP contribution in [0.25, 0.3) is 21.0 Å². The molecule has 3 saturated heterocycles. The lowest BCUT2D eigenvalue weighted by Gasteiger charge is -2.35. The van der Waals surface area contributed by atoms with Gasteiger partial charge in [-0.2, -0.15) is 0 Å². The molecule has 8 rings (SSSR count). The summed E-state index contributed by atoms with van der Waals surface area (Å²) in [4.78, 5) is 268. The van der Waals surface area contributed by atoms with Gasteiger partial charge in [-0.25, -0.2) is 0 Å². The molecular weight excluding hydrogens is 1730 g/mol. The number of para-hydroxylation sites is 1. The predicted molar refractivity (Wildman–Crippen MR) is 480 cm³/mol. The summed E-state index contributed by atoms with van der Waals surface area (Å²) in [6.45, 7) is 5.86. The summed E-state index contributed by atoms with van der Waals surface area (Å²) < 4.78 is 0.812. The van der Waals surface area contributed by atoms with Gasteiger partial charge in [-0.15, -0.1) is 23.1 Å². The summed E-state index contributed by atoms with van der Waals surface area (Å²) >= 11 is 2.09. The summed E-state index contributed by atoms with van der Waals surface area (Å²) in [5.74, 6) is -19.4. The van der Waals surface area contributed by atoms with Crippen LogP contribution >= 0.6 is 23.1 Å². The van der Waals surface area contributed by atoms with Crippen molar-refractivity contribution in [2.75, 3.05) is 65.4 Å². The maximum absolute atomic E-state index is 15.6. The van der Waals surface area contributed by atoms with Crippen molar-refractivity contribution >= 4 is 156 Å². The van der Waals surface area contributed by atoms with Crippen LogP contribution in [0.3, 0.4) is 0 Å². The monoisotopic (exact) mass is 1840 g/mol. The van der Waals surface area contributed by atoms with E-state index in [1.807, 2.05) is 25.1 Å². The van der Waals surface area contributed by atoms with Crippen LogP contribution in [0.5, 0.6) is 5.75 Å². The first-order valence-corrected chi connectivity index (χ1v) is 45.0. The molecule has 14 atom stereocenters. The van der Waals surface area contributed by atoms with Crippen molar-refractivity contribution in [1.29, 1.82) is 5.41 Å². The fourth-order valence-corrected chi connectivity index (χ4v) is 17.4. The number of phenols is 1. The Morgan fingerprint density at radius 2 is 1.05 bits per heavy atom. The van der Waals surface area contributed by atoms with Crippen LogP contribution in [0.4, 0.5) is 0 Å². The normalized spacial score (nSPS) is 24.6. The minimum Gasteiger partial charge on any atom is -0.508 e. The number of H-pyrrole nitrogens is 1. The topological polar surface area (TPSA) is 640 Å². The second kappa shape index (κ2) is 48.4. The molecule has 18 amide bonds. The van der Waals surface area contributed by atoms with Crippen molar-refractivity contribution in [2.45, 2.75) is 216 Å². The highest BCUT2D eigenvalue weighted by Gasteiger charge is 2.45. The first-order valence-electron chi connectivity index (χ1n) is 43.0. The molecule has 0 aliphatic carbocycles. The number of rotatable bonds is 23. The Hall–Kier alpha value is -13.0. The molecule has 44 heteroatoms. The number of thiophene rings is 1. The Morgan fingerprint density at radius 1 is 0.531 bits per heavy atom. The van der Waals surface area contributed by atoms with Crippen LogP contribution in [0.2, 0.25) is 0 Å². The molecule has 23 N–H and O–H groups in total. The molecule has 3 aliphatic heterocycles. The Labute approximate surface area is 759 Å². The molecule has 0 bridgehead atoms. The summed E-state index contributed by atoms with van der Waals surface area (Å²) in [6.07, 6.45) is 0.0219. The number of guanidine groups is 1. The van der Waals surface area contributed by atoms with E-state index >= 15 is 28.8 Å². The number of aliphatic hydroxyl groups excluding tert-OH is 1. The van der Waals surface area contributed by atoms with Crippen LogP contribution in [0, 0.1) is 11.3 Å². The van der Waals surface area contributed by atoms with E-state index in [-0.39, 0.29) is 102 Å². The number of likely N-dealkylation sites (N-methyl/N-ethyl adjacent to an activating group) is 3. The number of aliphatic hydroxyl groups is 1.